The van der Waals surface area contributed by atoms with Crippen molar-refractivity contribution in [1.82, 2.24) is 30.1 Å². The number of nitrogens with zero attached hydrogens (tertiary/aromatic N) is 5. The van der Waals surface area contributed by atoms with Crippen LogP contribution in [0.2, 0.25) is 0 Å². The Balaban J connectivity index is 1.40. The molecule has 2 aromatic heterocycles. The van der Waals surface area contributed by atoms with Crippen LogP contribution in [0.5, 0.6) is 5.75 Å². The SMILES string of the molecule is Cn1cc(O[C@@H]2COC[C@@H]2NCc2ccc3c(c2)nnn3C)cn1. The summed E-state index contributed by atoms with van der Waals surface area (Å²) in [5.41, 5.74) is 3.10. The fraction of sp³-hybridized carbons (Fsp3) is 0.438. The molecule has 0 spiro atoms. The van der Waals surface area contributed by atoms with Gasteiger partial charge >= 0.3 is 0 Å². The smallest absolute Gasteiger partial charge is 0.157 e. The molecule has 8 nitrogen and oxygen atoms in total. The van der Waals surface area contributed by atoms with Crippen molar-refractivity contribution in [3.63, 3.8) is 0 Å². The summed E-state index contributed by atoms with van der Waals surface area (Å²) in [6, 6.07) is 6.33. The second-order valence-corrected chi connectivity index (χ2v) is 6.07. The number of ether oxygens (including phenoxy) is 2. The Bertz CT molecular complexity index is 842. The van der Waals surface area contributed by atoms with Crippen LogP contribution >= 0.6 is 0 Å². The van der Waals surface area contributed by atoms with E-state index in [4.69, 9.17) is 9.47 Å². The first-order valence-electron chi connectivity index (χ1n) is 7.94. The predicted octanol–water partition coefficient (Wildman–Crippen LogP) is 0.638. The number of aromatic nitrogens is 5. The maximum Gasteiger partial charge on any atom is 0.157 e. The Morgan fingerprint density at radius 1 is 1.33 bits per heavy atom. The van der Waals surface area contributed by atoms with Gasteiger partial charge in [0.05, 0.1) is 37.2 Å². The van der Waals surface area contributed by atoms with Gasteiger partial charge in [0.1, 0.15) is 11.6 Å². The molecule has 1 aliphatic heterocycles. The molecule has 2 atom stereocenters. The molecule has 1 N–H and O–H groups in total. The molecule has 1 aromatic carbocycles. The highest BCUT2D eigenvalue weighted by Gasteiger charge is 2.30. The maximum atomic E-state index is 5.97. The minimum atomic E-state index is -0.0190. The van der Waals surface area contributed by atoms with E-state index in [9.17, 15) is 0 Å². The first-order valence-corrected chi connectivity index (χ1v) is 7.94. The van der Waals surface area contributed by atoms with E-state index >= 15 is 0 Å². The topological polar surface area (TPSA) is 79.0 Å². The lowest BCUT2D eigenvalue weighted by molar-refractivity contribution is 0.139. The average Bonchev–Trinajstić information content (AvgIpc) is 3.28. The van der Waals surface area contributed by atoms with Crippen molar-refractivity contribution < 1.29 is 9.47 Å². The lowest BCUT2D eigenvalue weighted by atomic mass is 10.1. The Labute approximate surface area is 139 Å². The monoisotopic (exact) mass is 328 g/mol. The van der Waals surface area contributed by atoms with Gasteiger partial charge in [-0.15, -0.1) is 5.10 Å². The lowest BCUT2D eigenvalue weighted by Gasteiger charge is -2.19. The van der Waals surface area contributed by atoms with Crippen LogP contribution in [0.4, 0.5) is 0 Å². The molecule has 126 valence electrons. The zero-order valence-corrected chi connectivity index (χ0v) is 13.7. The molecule has 0 bridgehead atoms. The van der Waals surface area contributed by atoms with Gasteiger partial charge in [-0.2, -0.15) is 5.10 Å². The third-order valence-corrected chi connectivity index (χ3v) is 4.24. The van der Waals surface area contributed by atoms with E-state index in [1.807, 2.05) is 26.4 Å². The van der Waals surface area contributed by atoms with Crippen molar-refractivity contribution in [2.45, 2.75) is 18.7 Å². The number of rotatable bonds is 5. The van der Waals surface area contributed by atoms with E-state index in [0.29, 0.717) is 13.2 Å². The van der Waals surface area contributed by atoms with Gasteiger partial charge in [0.2, 0.25) is 0 Å². The molecule has 3 aromatic rings. The predicted molar refractivity (Wildman–Crippen MR) is 87.6 cm³/mol. The summed E-state index contributed by atoms with van der Waals surface area (Å²) in [4.78, 5) is 0. The molecular formula is C16H20N6O2. The summed E-state index contributed by atoms with van der Waals surface area (Å²) >= 11 is 0. The van der Waals surface area contributed by atoms with Crippen LogP contribution in [-0.2, 0) is 25.4 Å². The average molecular weight is 328 g/mol. The van der Waals surface area contributed by atoms with Crippen molar-refractivity contribution in [3.05, 3.63) is 36.2 Å². The number of hydrogen-bond donors (Lipinski definition) is 1. The lowest BCUT2D eigenvalue weighted by Crippen LogP contribution is -2.41. The van der Waals surface area contributed by atoms with Gasteiger partial charge in [0.25, 0.3) is 0 Å². The van der Waals surface area contributed by atoms with Crippen molar-refractivity contribution in [3.8, 4) is 5.75 Å². The molecule has 1 fully saturated rings. The fourth-order valence-corrected chi connectivity index (χ4v) is 2.92. The molecule has 0 saturated carbocycles. The van der Waals surface area contributed by atoms with Crippen LogP contribution in [-0.4, -0.2) is 50.1 Å². The van der Waals surface area contributed by atoms with Crippen LogP contribution in [0.3, 0.4) is 0 Å². The summed E-state index contributed by atoms with van der Waals surface area (Å²) in [6.45, 7) is 1.95. The standard InChI is InChI=1S/C16H20N6O2/c1-21-8-12(7-18-21)24-16-10-23-9-14(16)17-6-11-3-4-15-13(5-11)19-20-22(15)2/h3-5,7-8,14,16-17H,6,9-10H2,1-2H3/t14-,16+/m0/s1. The number of aryl methyl sites for hydroxylation is 2. The number of hydrogen-bond acceptors (Lipinski definition) is 6. The van der Waals surface area contributed by atoms with Crippen molar-refractivity contribution in [2.75, 3.05) is 13.2 Å². The van der Waals surface area contributed by atoms with Crippen molar-refractivity contribution in [2.24, 2.45) is 14.1 Å². The van der Waals surface area contributed by atoms with Gasteiger partial charge in [-0.25, -0.2) is 4.68 Å². The van der Waals surface area contributed by atoms with Gasteiger partial charge in [0.15, 0.2) is 5.75 Å². The summed E-state index contributed by atoms with van der Waals surface area (Å²) < 4.78 is 15.0. The number of benzene rings is 1. The van der Waals surface area contributed by atoms with E-state index in [-0.39, 0.29) is 12.1 Å². The van der Waals surface area contributed by atoms with Gasteiger partial charge in [-0.3, -0.25) is 4.68 Å². The Morgan fingerprint density at radius 2 is 2.25 bits per heavy atom. The molecule has 0 radical (unpaired) electrons. The highest BCUT2D eigenvalue weighted by molar-refractivity contribution is 5.74. The molecule has 3 heterocycles. The van der Waals surface area contributed by atoms with E-state index in [0.717, 1.165) is 28.9 Å². The molecule has 4 rings (SSSR count). The summed E-state index contributed by atoms with van der Waals surface area (Å²) in [7, 11) is 3.76. The molecule has 8 heteroatoms. The second-order valence-electron chi connectivity index (χ2n) is 6.07. The van der Waals surface area contributed by atoms with Gasteiger partial charge < -0.3 is 14.8 Å². The zero-order valence-electron chi connectivity index (χ0n) is 13.7. The van der Waals surface area contributed by atoms with Gasteiger partial charge in [-0.1, -0.05) is 11.3 Å². The fourth-order valence-electron chi connectivity index (χ4n) is 2.92. The third kappa shape index (κ3) is 2.98. The van der Waals surface area contributed by atoms with E-state index in [2.05, 4.69) is 32.9 Å². The first kappa shape index (κ1) is 15.1. The minimum Gasteiger partial charge on any atom is -0.483 e. The Morgan fingerprint density at radius 3 is 3.08 bits per heavy atom. The van der Waals surface area contributed by atoms with E-state index in [1.54, 1.807) is 15.6 Å². The summed E-state index contributed by atoms with van der Waals surface area (Å²) in [5.74, 6) is 0.765. The molecule has 24 heavy (non-hydrogen) atoms. The van der Waals surface area contributed by atoms with E-state index < -0.39 is 0 Å². The molecular weight excluding hydrogens is 308 g/mol. The van der Waals surface area contributed by atoms with Crippen LogP contribution in [0.1, 0.15) is 5.56 Å². The van der Waals surface area contributed by atoms with Gasteiger partial charge in [0, 0.05) is 20.6 Å². The van der Waals surface area contributed by atoms with Crippen molar-refractivity contribution in [1.29, 1.82) is 0 Å². The molecule has 0 aliphatic carbocycles. The Hall–Kier alpha value is -2.45. The first-order chi connectivity index (χ1) is 11.7. The summed E-state index contributed by atoms with van der Waals surface area (Å²) in [6.07, 6.45) is 3.56. The quantitative estimate of drug-likeness (QED) is 0.740. The Kier molecular flexibility index (Phi) is 3.91. The zero-order chi connectivity index (χ0) is 16.5. The van der Waals surface area contributed by atoms with Gasteiger partial charge in [-0.05, 0) is 17.7 Å². The third-order valence-electron chi connectivity index (χ3n) is 4.24. The number of nitrogens with one attached hydrogen (secondary N) is 1. The molecule has 1 aliphatic rings. The molecule has 0 unspecified atom stereocenters. The normalized spacial score (nSPS) is 20.8. The second kappa shape index (κ2) is 6.21. The van der Waals surface area contributed by atoms with Crippen LogP contribution in [0.15, 0.2) is 30.6 Å². The largest absolute Gasteiger partial charge is 0.483 e. The molecule has 1 saturated heterocycles. The summed E-state index contributed by atoms with van der Waals surface area (Å²) in [5, 5.41) is 15.8. The van der Waals surface area contributed by atoms with Crippen LogP contribution in [0, 0.1) is 0 Å². The highest BCUT2D eigenvalue weighted by Crippen LogP contribution is 2.17. The van der Waals surface area contributed by atoms with Crippen molar-refractivity contribution >= 4 is 11.0 Å². The van der Waals surface area contributed by atoms with E-state index in [1.165, 1.54) is 0 Å². The van der Waals surface area contributed by atoms with Crippen LogP contribution in [0.25, 0.3) is 11.0 Å². The minimum absolute atomic E-state index is 0.0190. The van der Waals surface area contributed by atoms with Crippen LogP contribution < -0.4 is 10.1 Å². The number of fused-ring (bicyclic) bond motifs is 1. The molecule has 0 amide bonds. The highest BCUT2D eigenvalue weighted by atomic mass is 16.5. The maximum absolute atomic E-state index is 5.97.